The molecule has 0 nitrogen and oxygen atoms in total. The number of hydrogen-bond donors (Lipinski definition) is 0. The summed E-state index contributed by atoms with van der Waals surface area (Å²) < 4.78 is 2.83. The van der Waals surface area contributed by atoms with Gasteiger partial charge in [-0.05, 0) is 107 Å². The number of hydrogen-bond acceptors (Lipinski definition) is 3. The Morgan fingerprint density at radius 2 is 0.800 bits per heavy atom. The van der Waals surface area contributed by atoms with E-state index in [0.29, 0.717) is 0 Å². The second-order valence-electron chi connectivity index (χ2n) is 23.4. The standard InChI is InChI=1S/C72H100S3/c1-7-11-15-19-23-25-29-33-36-57(35-31-27-21-17-13-9-3)51-62-50-56(6)73-69(62)48-43-64-54-63(52-58(37-32-28-22-18-14-10-4)38-34-30-26-24-20-16-12-8-2)70(74-64)61-42-45-66-60(53-61)41-47-68-67-46-40-59-49-55(5)39-44-65(59)71(67)75-72(66)68/h39-42,44-47,49-50,53-54,57-58H,7-38,51-52H2,1-6H3. The van der Waals surface area contributed by atoms with Crippen LogP contribution in [0.4, 0.5) is 0 Å². The zero-order chi connectivity index (χ0) is 52.5. The Morgan fingerprint density at radius 3 is 1.29 bits per heavy atom. The van der Waals surface area contributed by atoms with Gasteiger partial charge in [0.25, 0.3) is 0 Å². The van der Waals surface area contributed by atoms with E-state index in [4.69, 9.17) is 0 Å². The van der Waals surface area contributed by atoms with E-state index in [2.05, 4.69) is 126 Å². The predicted octanol–water partition coefficient (Wildman–Crippen LogP) is 25.0. The number of aryl methyl sites for hydroxylation is 2. The molecule has 406 valence electrons. The van der Waals surface area contributed by atoms with Gasteiger partial charge < -0.3 is 0 Å². The summed E-state index contributed by atoms with van der Waals surface area (Å²) in [5, 5.41) is 8.21. The van der Waals surface area contributed by atoms with Crippen LogP contribution < -0.4 is 0 Å². The van der Waals surface area contributed by atoms with Gasteiger partial charge in [-0.2, -0.15) is 0 Å². The summed E-state index contributed by atoms with van der Waals surface area (Å²) in [4.78, 5) is 5.43. The quantitative estimate of drug-likeness (QED) is 0.0269. The highest BCUT2D eigenvalue weighted by atomic mass is 32.1. The molecule has 0 saturated carbocycles. The van der Waals surface area contributed by atoms with Crippen molar-refractivity contribution >= 4 is 75.7 Å². The van der Waals surface area contributed by atoms with E-state index >= 15 is 0 Å². The SMILES string of the molecule is CCCCCCCCCCC(CCCCCCCC)Cc1cc(C)sc1C#Cc1cc(CC(CCCCCCCC)CCCCCCCCCC)c(-c2ccc3c(ccc4c5ccc6cc(C)ccc6c5sc34)c2)s1. The second-order valence-corrected chi connectivity index (χ2v) is 26.7. The van der Waals surface area contributed by atoms with E-state index in [1.165, 1.54) is 302 Å². The third-order valence-electron chi connectivity index (χ3n) is 16.8. The van der Waals surface area contributed by atoms with E-state index < -0.39 is 0 Å². The monoisotopic (exact) mass is 1060 g/mol. The Labute approximate surface area is 470 Å². The van der Waals surface area contributed by atoms with Gasteiger partial charge in [0.1, 0.15) is 0 Å². The van der Waals surface area contributed by atoms with Crippen LogP contribution in [-0.4, -0.2) is 0 Å². The highest BCUT2D eigenvalue weighted by Crippen LogP contribution is 2.44. The largest absolute Gasteiger partial charge is 0.134 e. The molecule has 4 aromatic carbocycles. The van der Waals surface area contributed by atoms with Gasteiger partial charge in [0.2, 0.25) is 0 Å². The smallest absolute Gasteiger partial charge is 0.0807 e. The maximum Gasteiger partial charge on any atom is 0.0807 e. The Balaban J connectivity index is 1.16. The molecule has 0 fully saturated rings. The number of thiophene rings is 3. The van der Waals surface area contributed by atoms with Crippen molar-refractivity contribution in [2.75, 3.05) is 0 Å². The van der Waals surface area contributed by atoms with Crippen LogP contribution in [0.15, 0.2) is 72.8 Å². The molecule has 0 radical (unpaired) electrons. The van der Waals surface area contributed by atoms with Crippen LogP contribution in [0.3, 0.4) is 0 Å². The normalized spacial score (nSPS) is 12.7. The average Bonchev–Trinajstić information content (AvgIpc) is 4.13. The van der Waals surface area contributed by atoms with Crippen molar-refractivity contribution in [1.82, 2.24) is 0 Å². The molecule has 0 amide bonds. The van der Waals surface area contributed by atoms with E-state index in [0.717, 1.165) is 11.8 Å². The molecule has 7 aromatic rings. The Morgan fingerprint density at radius 1 is 0.373 bits per heavy atom. The van der Waals surface area contributed by atoms with Crippen molar-refractivity contribution in [3.8, 4) is 22.3 Å². The molecule has 0 aliphatic rings. The van der Waals surface area contributed by atoms with Gasteiger partial charge in [-0.1, -0.05) is 293 Å². The second kappa shape index (κ2) is 33.1. The highest BCUT2D eigenvalue weighted by Gasteiger charge is 2.20. The zero-order valence-corrected chi connectivity index (χ0v) is 50.8. The fourth-order valence-electron chi connectivity index (χ4n) is 12.3. The molecule has 3 heteroatoms. The maximum absolute atomic E-state index is 3.88. The summed E-state index contributed by atoms with van der Waals surface area (Å²) in [6.07, 6.45) is 46.7. The number of rotatable bonds is 37. The molecule has 0 aliphatic carbocycles. The minimum atomic E-state index is 0.721. The van der Waals surface area contributed by atoms with Gasteiger partial charge in [0, 0.05) is 29.9 Å². The van der Waals surface area contributed by atoms with Gasteiger partial charge in [-0.15, -0.1) is 34.0 Å². The van der Waals surface area contributed by atoms with Crippen LogP contribution in [0.2, 0.25) is 0 Å². The minimum Gasteiger partial charge on any atom is -0.134 e. The van der Waals surface area contributed by atoms with Crippen molar-refractivity contribution in [3.63, 3.8) is 0 Å². The summed E-state index contributed by atoms with van der Waals surface area (Å²) in [6, 6.07) is 28.9. The van der Waals surface area contributed by atoms with E-state index in [-0.39, 0.29) is 0 Å². The average molecular weight is 1060 g/mol. The summed E-state index contributed by atoms with van der Waals surface area (Å²) >= 11 is 5.90. The Kier molecular flexibility index (Phi) is 26.2. The summed E-state index contributed by atoms with van der Waals surface area (Å²) in [6.45, 7) is 13.8. The lowest BCUT2D eigenvalue weighted by Crippen LogP contribution is -2.06. The van der Waals surface area contributed by atoms with Gasteiger partial charge >= 0.3 is 0 Å². The van der Waals surface area contributed by atoms with Gasteiger partial charge in [0.05, 0.1) is 9.75 Å². The fraction of sp³-hybridized carbons (Fsp3) is 0.583. The fourth-order valence-corrected chi connectivity index (χ4v) is 15.6. The van der Waals surface area contributed by atoms with Crippen LogP contribution in [0, 0.1) is 37.5 Å². The van der Waals surface area contributed by atoms with Gasteiger partial charge in [0.15, 0.2) is 0 Å². The van der Waals surface area contributed by atoms with E-state index in [1.54, 1.807) is 0 Å². The molecule has 2 unspecified atom stereocenters. The molecule has 0 N–H and O–H groups in total. The van der Waals surface area contributed by atoms with Crippen molar-refractivity contribution in [3.05, 3.63) is 104 Å². The summed E-state index contributed by atoms with van der Waals surface area (Å²) in [5.74, 6) is 9.23. The van der Waals surface area contributed by atoms with Crippen LogP contribution in [0.25, 0.3) is 52.2 Å². The lowest BCUT2D eigenvalue weighted by atomic mass is 9.88. The lowest BCUT2D eigenvalue weighted by molar-refractivity contribution is 0.400. The first-order chi connectivity index (χ1) is 36.9. The molecule has 7 rings (SSSR count). The molecule has 75 heavy (non-hydrogen) atoms. The van der Waals surface area contributed by atoms with Crippen LogP contribution in [0.5, 0.6) is 0 Å². The molecule has 3 aromatic heterocycles. The highest BCUT2D eigenvalue weighted by molar-refractivity contribution is 7.27. The Hall–Kier alpha value is -3.42. The third-order valence-corrected chi connectivity index (χ3v) is 20.2. The first-order valence-corrected chi connectivity index (χ1v) is 33.9. The Bertz CT molecular complexity index is 2800. The van der Waals surface area contributed by atoms with E-state index in [9.17, 15) is 0 Å². The van der Waals surface area contributed by atoms with Crippen LogP contribution in [-0.2, 0) is 12.8 Å². The zero-order valence-electron chi connectivity index (χ0n) is 48.3. The van der Waals surface area contributed by atoms with Crippen molar-refractivity contribution < 1.29 is 0 Å². The number of unbranched alkanes of at least 4 members (excludes halogenated alkanes) is 24. The lowest BCUT2D eigenvalue weighted by Gasteiger charge is -2.18. The topological polar surface area (TPSA) is 0 Å². The molecule has 3 heterocycles. The van der Waals surface area contributed by atoms with Crippen LogP contribution >= 0.6 is 34.0 Å². The van der Waals surface area contributed by atoms with Crippen molar-refractivity contribution in [2.45, 2.75) is 260 Å². The molecular formula is C72H100S3. The number of benzene rings is 4. The van der Waals surface area contributed by atoms with Crippen molar-refractivity contribution in [1.29, 1.82) is 0 Å². The molecule has 0 saturated heterocycles. The number of fused-ring (bicyclic) bond motifs is 7. The van der Waals surface area contributed by atoms with Gasteiger partial charge in [-0.25, -0.2) is 0 Å². The molecular weight excluding hydrogens is 961 g/mol. The van der Waals surface area contributed by atoms with Gasteiger partial charge in [-0.3, -0.25) is 0 Å². The first kappa shape index (κ1) is 59.2. The molecule has 2 atom stereocenters. The molecule has 0 bridgehead atoms. The third kappa shape index (κ3) is 18.6. The molecule has 0 spiro atoms. The van der Waals surface area contributed by atoms with E-state index in [1.807, 2.05) is 34.0 Å². The first-order valence-electron chi connectivity index (χ1n) is 31.4. The maximum atomic E-state index is 3.88. The summed E-state index contributed by atoms with van der Waals surface area (Å²) in [7, 11) is 0. The minimum absolute atomic E-state index is 0.721. The van der Waals surface area contributed by atoms with Crippen molar-refractivity contribution in [2.24, 2.45) is 11.8 Å². The van der Waals surface area contributed by atoms with Crippen LogP contribution in [0.1, 0.15) is 264 Å². The molecule has 0 aliphatic heterocycles. The predicted molar refractivity (Wildman–Crippen MR) is 342 cm³/mol. The summed E-state index contributed by atoms with van der Waals surface area (Å²) in [5.41, 5.74) is 5.75.